The molecule has 1 amide bonds. The quantitative estimate of drug-likeness (QED) is 0.319. The minimum Gasteiger partial charge on any atom is -0.493 e. The third-order valence-corrected chi connectivity index (χ3v) is 5.52. The molecular weight excluding hydrogens is 472 g/mol. The molecule has 9 nitrogen and oxygen atoms in total. The van der Waals surface area contributed by atoms with Crippen molar-refractivity contribution in [3.8, 4) is 22.8 Å². The molecule has 3 aromatic carbocycles. The van der Waals surface area contributed by atoms with Crippen LogP contribution in [-0.2, 0) is 4.74 Å². The highest BCUT2D eigenvalue weighted by molar-refractivity contribution is 6.06. The maximum atomic E-state index is 13.0. The van der Waals surface area contributed by atoms with E-state index in [0.29, 0.717) is 45.5 Å². The van der Waals surface area contributed by atoms with Crippen molar-refractivity contribution in [2.24, 2.45) is 0 Å². The van der Waals surface area contributed by atoms with Gasteiger partial charge in [-0.15, -0.1) is 0 Å². The number of carbonyl (C=O) groups is 2. The lowest BCUT2D eigenvalue weighted by Gasteiger charge is -2.14. The summed E-state index contributed by atoms with van der Waals surface area (Å²) in [5, 5.41) is 6.65. The first-order valence-corrected chi connectivity index (χ1v) is 11.7. The smallest absolute Gasteiger partial charge is 0.338 e. The first kappa shape index (κ1) is 25.4. The topological polar surface area (TPSA) is 112 Å². The van der Waals surface area contributed by atoms with Crippen LogP contribution in [0.3, 0.4) is 0 Å². The lowest BCUT2D eigenvalue weighted by atomic mass is 10.0. The number of rotatable bonds is 8. The van der Waals surface area contributed by atoms with Gasteiger partial charge in [0.2, 0.25) is 5.95 Å². The van der Waals surface area contributed by atoms with Crippen molar-refractivity contribution < 1.29 is 23.8 Å². The third-order valence-electron chi connectivity index (χ3n) is 5.52. The number of methoxy groups -OCH3 is 2. The van der Waals surface area contributed by atoms with Gasteiger partial charge in [0.05, 0.1) is 37.1 Å². The predicted molar refractivity (Wildman–Crippen MR) is 143 cm³/mol. The van der Waals surface area contributed by atoms with E-state index in [4.69, 9.17) is 14.2 Å². The van der Waals surface area contributed by atoms with Crippen molar-refractivity contribution >= 4 is 34.4 Å². The van der Waals surface area contributed by atoms with Crippen LogP contribution in [0.2, 0.25) is 0 Å². The molecule has 0 aliphatic heterocycles. The number of hydrogen-bond donors (Lipinski definition) is 2. The summed E-state index contributed by atoms with van der Waals surface area (Å²) in [7, 11) is 4.88. The standard InChI is InChI=1S/C28H28N4O5/c1-16(2)37-27(34)19-10-6-9-18(12-19)26(33)30-20-11-7-8-17(13-20)25-21-14-23(35-4)24(36-5)15-22(21)31-28(29-3)32-25/h6-16H,1-5H3,(H,30,33)(H,29,31,32). The van der Waals surface area contributed by atoms with Crippen molar-refractivity contribution in [2.45, 2.75) is 20.0 Å². The Morgan fingerprint density at radius 1 is 0.865 bits per heavy atom. The fraction of sp³-hybridized carbons (Fsp3) is 0.214. The molecule has 9 heteroatoms. The number of anilines is 2. The van der Waals surface area contributed by atoms with Crippen LogP contribution in [0.15, 0.2) is 60.7 Å². The molecule has 4 aromatic rings. The van der Waals surface area contributed by atoms with Crippen LogP contribution in [0.4, 0.5) is 11.6 Å². The molecule has 0 fully saturated rings. The summed E-state index contributed by atoms with van der Waals surface area (Å²) in [5.74, 6) is 0.717. The highest BCUT2D eigenvalue weighted by Gasteiger charge is 2.16. The molecule has 0 saturated heterocycles. The monoisotopic (exact) mass is 500 g/mol. The number of hydrogen-bond acceptors (Lipinski definition) is 8. The highest BCUT2D eigenvalue weighted by Crippen LogP contribution is 2.36. The molecule has 37 heavy (non-hydrogen) atoms. The van der Waals surface area contributed by atoms with E-state index in [1.54, 1.807) is 65.4 Å². The number of esters is 1. The van der Waals surface area contributed by atoms with Gasteiger partial charge in [0.1, 0.15) is 0 Å². The predicted octanol–water partition coefficient (Wildman–Crippen LogP) is 5.17. The molecule has 4 rings (SSSR count). The molecule has 190 valence electrons. The maximum absolute atomic E-state index is 13.0. The van der Waals surface area contributed by atoms with E-state index in [9.17, 15) is 9.59 Å². The number of nitrogens with one attached hydrogen (secondary N) is 2. The fourth-order valence-corrected chi connectivity index (χ4v) is 3.80. The number of nitrogens with zero attached hydrogens (tertiary/aromatic N) is 2. The molecule has 0 bridgehead atoms. The summed E-state index contributed by atoms with van der Waals surface area (Å²) >= 11 is 0. The zero-order valence-corrected chi connectivity index (χ0v) is 21.3. The van der Waals surface area contributed by atoms with E-state index in [1.165, 1.54) is 6.07 Å². The summed E-state index contributed by atoms with van der Waals surface area (Å²) in [6.07, 6.45) is -0.255. The SMILES string of the molecule is CNc1nc(-c2cccc(NC(=O)c3cccc(C(=O)OC(C)C)c3)c2)c2cc(OC)c(OC)cc2n1. The van der Waals surface area contributed by atoms with Crippen LogP contribution in [0.25, 0.3) is 22.2 Å². The van der Waals surface area contributed by atoms with Gasteiger partial charge in [0.15, 0.2) is 11.5 Å². The molecule has 0 saturated carbocycles. The zero-order chi connectivity index (χ0) is 26.5. The molecule has 1 aromatic heterocycles. The second kappa shape index (κ2) is 10.9. The molecule has 0 atom stereocenters. The lowest BCUT2D eigenvalue weighted by molar-refractivity contribution is 0.0378. The van der Waals surface area contributed by atoms with Gasteiger partial charge in [-0.1, -0.05) is 18.2 Å². The van der Waals surface area contributed by atoms with Crippen LogP contribution in [0.5, 0.6) is 11.5 Å². The van der Waals surface area contributed by atoms with Crippen LogP contribution < -0.4 is 20.1 Å². The second-order valence-electron chi connectivity index (χ2n) is 8.44. The fourth-order valence-electron chi connectivity index (χ4n) is 3.80. The number of amides is 1. The summed E-state index contributed by atoms with van der Waals surface area (Å²) in [6, 6.07) is 17.4. The molecule has 0 aliphatic rings. The molecule has 0 unspecified atom stereocenters. The van der Waals surface area contributed by atoms with E-state index in [-0.39, 0.29) is 12.0 Å². The Morgan fingerprint density at radius 2 is 1.57 bits per heavy atom. The number of benzene rings is 3. The van der Waals surface area contributed by atoms with E-state index < -0.39 is 5.97 Å². The van der Waals surface area contributed by atoms with Gasteiger partial charge in [-0.25, -0.2) is 14.8 Å². The van der Waals surface area contributed by atoms with E-state index in [0.717, 1.165) is 10.9 Å². The minimum atomic E-state index is -0.477. The van der Waals surface area contributed by atoms with Crippen LogP contribution in [0, 0.1) is 0 Å². The van der Waals surface area contributed by atoms with Gasteiger partial charge in [-0.05, 0) is 50.2 Å². The van der Waals surface area contributed by atoms with Gasteiger partial charge in [0.25, 0.3) is 5.91 Å². The molecular formula is C28H28N4O5. The number of ether oxygens (including phenoxy) is 3. The molecule has 1 heterocycles. The number of carbonyl (C=O) groups excluding carboxylic acids is 2. The summed E-state index contributed by atoms with van der Waals surface area (Å²) in [5.41, 5.74) is 3.31. The Balaban J connectivity index is 1.68. The lowest BCUT2D eigenvalue weighted by Crippen LogP contribution is -2.15. The van der Waals surface area contributed by atoms with Crippen LogP contribution in [-0.4, -0.2) is 49.2 Å². The van der Waals surface area contributed by atoms with E-state index in [2.05, 4.69) is 20.6 Å². The number of fused-ring (bicyclic) bond motifs is 1. The third kappa shape index (κ3) is 5.61. The summed E-state index contributed by atoms with van der Waals surface area (Å²) < 4.78 is 16.1. The molecule has 2 N–H and O–H groups in total. The van der Waals surface area contributed by atoms with Crippen LogP contribution in [0.1, 0.15) is 34.6 Å². The first-order chi connectivity index (χ1) is 17.8. The minimum absolute atomic E-state index is 0.255. The van der Waals surface area contributed by atoms with Gasteiger partial charge in [-0.2, -0.15) is 0 Å². The van der Waals surface area contributed by atoms with Gasteiger partial charge in [-0.3, -0.25) is 4.79 Å². The average Bonchev–Trinajstić information content (AvgIpc) is 2.91. The van der Waals surface area contributed by atoms with Gasteiger partial charge in [0, 0.05) is 35.3 Å². The van der Waals surface area contributed by atoms with Crippen molar-refractivity contribution in [1.82, 2.24) is 9.97 Å². The second-order valence-corrected chi connectivity index (χ2v) is 8.44. The first-order valence-electron chi connectivity index (χ1n) is 11.7. The maximum Gasteiger partial charge on any atom is 0.338 e. The van der Waals surface area contributed by atoms with Crippen molar-refractivity contribution in [1.29, 1.82) is 0 Å². The Labute approximate surface area is 214 Å². The molecule has 0 radical (unpaired) electrons. The normalized spacial score (nSPS) is 10.8. The summed E-state index contributed by atoms with van der Waals surface area (Å²) in [6.45, 7) is 3.54. The Kier molecular flexibility index (Phi) is 7.52. The highest BCUT2D eigenvalue weighted by atomic mass is 16.5. The van der Waals surface area contributed by atoms with Crippen molar-refractivity contribution in [3.05, 3.63) is 71.8 Å². The zero-order valence-electron chi connectivity index (χ0n) is 21.3. The van der Waals surface area contributed by atoms with Gasteiger partial charge >= 0.3 is 5.97 Å². The average molecular weight is 501 g/mol. The van der Waals surface area contributed by atoms with E-state index in [1.807, 2.05) is 24.3 Å². The largest absolute Gasteiger partial charge is 0.493 e. The molecule has 0 spiro atoms. The van der Waals surface area contributed by atoms with Gasteiger partial charge < -0.3 is 24.8 Å². The Bertz CT molecular complexity index is 1470. The van der Waals surface area contributed by atoms with Crippen molar-refractivity contribution in [3.63, 3.8) is 0 Å². The summed E-state index contributed by atoms with van der Waals surface area (Å²) in [4.78, 5) is 34.5. The Morgan fingerprint density at radius 3 is 2.27 bits per heavy atom. The molecule has 0 aliphatic carbocycles. The Hall–Kier alpha value is -4.66. The van der Waals surface area contributed by atoms with Crippen molar-refractivity contribution in [2.75, 3.05) is 31.9 Å². The van der Waals surface area contributed by atoms with E-state index >= 15 is 0 Å². The van der Waals surface area contributed by atoms with Crippen LogP contribution >= 0.6 is 0 Å². The number of aromatic nitrogens is 2.